The molecule has 0 aromatic carbocycles. The number of esters is 1. The van der Waals surface area contributed by atoms with Crippen LogP contribution in [0.1, 0.15) is 137 Å². The number of hydrogen-bond acceptors (Lipinski definition) is 3. The van der Waals surface area contributed by atoms with Gasteiger partial charge >= 0.3 is 98.3 Å². The number of carbonyl (C=O) groups is 1. The van der Waals surface area contributed by atoms with E-state index in [1.807, 2.05) is 0 Å². The third kappa shape index (κ3) is 28.6. The summed E-state index contributed by atoms with van der Waals surface area (Å²) in [5, 5.41) is 0. The van der Waals surface area contributed by atoms with Crippen LogP contribution in [0.2, 0.25) is 13.3 Å². The predicted molar refractivity (Wildman–Crippen MR) is 141 cm³/mol. The van der Waals surface area contributed by atoms with E-state index in [-0.39, 0.29) is 11.4 Å². The molecule has 0 bridgehead atoms. The molecule has 0 aliphatic heterocycles. The summed E-state index contributed by atoms with van der Waals surface area (Å²) in [6, 6.07) is 0. The van der Waals surface area contributed by atoms with Gasteiger partial charge in [0.25, 0.3) is 0 Å². The molecule has 0 aromatic rings. The Labute approximate surface area is 203 Å². The Bertz CT molecular complexity index is 318. The average Bonchev–Trinajstić information content (AvgIpc) is 2.72. The number of carbonyl (C=O) groups excluding carboxylic acids is 1. The van der Waals surface area contributed by atoms with Crippen molar-refractivity contribution in [1.29, 1.82) is 0 Å². The Morgan fingerprint density at radius 3 is 1.40 bits per heavy atom. The minimum atomic E-state index is -0.839. The quantitative estimate of drug-likeness (QED) is 0.0537. The maximum absolute atomic E-state index is 11.2. The maximum atomic E-state index is 11.2. The Hall–Kier alpha value is 0.619. The zero-order valence-corrected chi connectivity index (χ0v) is 25.0. The van der Waals surface area contributed by atoms with E-state index in [9.17, 15) is 4.79 Å². The van der Waals surface area contributed by atoms with Crippen molar-refractivity contribution in [2.75, 3.05) is 0 Å². The summed E-state index contributed by atoms with van der Waals surface area (Å²) in [7, 11) is 0. The second kappa shape index (κ2) is 27.7. The first kappa shape index (κ1) is 32.8. The zero-order chi connectivity index (χ0) is 22.9. The van der Waals surface area contributed by atoms with Gasteiger partial charge in [-0.05, 0) is 13.3 Å². The van der Waals surface area contributed by atoms with E-state index in [0.717, 1.165) is 12.8 Å². The molecule has 0 heterocycles. The Morgan fingerprint density at radius 1 is 0.667 bits per heavy atom. The van der Waals surface area contributed by atoms with Crippen molar-refractivity contribution in [3.8, 4) is 0 Å². The van der Waals surface area contributed by atoms with Gasteiger partial charge in [0.2, 0.25) is 0 Å². The van der Waals surface area contributed by atoms with E-state index in [4.69, 9.17) is 4.74 Å². The average molecular weight is 551 g/mol. The number of rotatable bonds is 20. The van der Waals surface area contributed by atoms with Crippen LogP contribution in [0.5, 0.6) is 0 Å². The Morgan fingerprint density at radius 2 is 1.03 bits per heavy atom. The summed E-state index contributed by atoms with van der Waals surface area (Å²) in [5.74, 6) is -0.115. The molecule has 0 saturated heterocycles. The van der Waals surface area contributed by atoms with Crippen molar-refractivity contribution in [3.05, 3.63) is 0 Å². The van der Waals surface area contributed by atoms with Gasteiger partial charge in [-0.3, -0.25) is 4.79 Å². The van der Waals surface area contributed by atoms with E-state index in [0.29, 0.717) is 6.42 Å². The van der Waals surface area contributed by atoms with Crippen LogP contribution in [0, 0.1) is 0 Å². The van der Waals surface area contributed by atoms with Crippen LogP contribution in [0.4, 0.5) is 0 Å². The standard InChI is InChI=1S/C14H28O2S.3C4H9.Sn/c1-3-4-5-6-7-8-9-10-11-12-14(15)16-13(2)17;3*1-3-4-2;/h13,17H,3-12H2,1-2H3;3*1,3-4H2,2H3;. The van der Waals surface area contributed by atoms with Crippen LogP contribution in [0.25, 0.3) is 0 Å². The second-order valence-corrected chi connectivity index (χ2v) is 18.0. The molecule has 2 nitrogen and oxygen atoms in total. The molecule has 181 valence electrons. The van der Waals surface area contributed by atoms with Gasteiger partial charge in [0.15, 0.2) is 0 Å². The van der Waals surface area contributed by atoms with E-state index >= 15 is 0 Å². The molecule has 0 amide bonds. The molecule has 30 heavy (non-hydrogen) atoms. The Balaban J connectivity index is 0. The van der Waals surface area contributed by atoms with Gasteiger partial charge in [0.05, 0.1) is 0 Å². The second-order valence-electron chi connectivity index (χ2n) is 8.73. The predicted octanol–water partition coefficient (Wildman–Crippen LogP) is 9.61. The summed E-state index contributed by atoms with van der Waals surface area (Å²) in [6.45, 7) is 11.0. The fourth-order valence-corrected chi connectivity index (χ4v) is 13.1. The van der Waals surface area contributed by atoms with Crippen molar-refractivity contribution < 1.29 is 9.53 Å². The minimum absolute atomic E-state index is 0.115. The molecule has 0 N–H and O–H groups in total. The van der Waals surface area contributed by atoms with Gasteiger partial charge in [-0.25, -0.2) is 0 Å². The number of ether oxygens (including phenoxy) is 1. The number of unbranched alkanes of at least 4 members (excludes halogenated alkanes) is 11. The van der Waals surface area contributed by atoms with Crippen molar-refractivity contribution in [2.24, 2.45) is 0 Å². The number of thiol groups is 1. The van der Waals surface area contributed by atoms with E-state index < -0.39 is 19.8 Å². The van der Waals surface area contributed by atoms with Gasteiger partial charge in [-0.15, -0.1) is 12.6 Å². The van der Waals surface area contributed by atoms with Crippen molar-refractivity contribution >= 4 is 38.4 Å². The summed E-state index contributed by atoms with van der Waals surface area (Å²) in [4.78, 5) is 11.2. The third-order valence-electron chi connectivity index (χ3n) is 5.44. The molecule has 0 fully saturated rings. The van der Waals surface area contributed by atoms with Gasteiger partial charge in [0.1, 0.15) is 5.44 Å². The molecule has 4 heteroatoms. The van der Waals surface area contributed by atoms with Crippen LogP contribution >= 0.6 is 12.6 Å². The summed E-state index contributed by atoms with van der Waals surface area (Å²) >= 11 is 3.17. The molecule has 0 aliphatic rings. The zero-order valence-electron chi connectivity index (χ0n) is 21.3. The molecule has 1 radical (unpaired) electrons. The fraction of sp³-hybridized carbons (Fsp3) is 0.962. The molecule has 0 aromatic heterocycles. The monoisotopic (exact) mass is 551 g/mol. The molecule has 1 unspecified atom stereocenters. The van der Waals surface area contributed by atoms with Gasteiger partial charge < -0.3 is 4.74 Å². The SMILES string of the molecule is CCCCCCCCCCCC(=O)OC(C)S.CCC[CH2][Sn]([CH2]CCC)[CH2]CCC. The van der Waals surface area contributed by atoms with E-state index in [2.05, 4.69) is 40.3 Å². The summed E-state index contributed by atoms with van der Waals surface area (Å²) in [6.07, 6.45) is 20.8. The van der Waals surface area contributed by atoms with Crippen LogP contribution in [0.15, 0.2) is 0 Å². The number of hydrogen-bond donors (Lipinski definition) is 1. The normalized spacial score (nSPS) is 11.8. The Kier molecular flexibility index (Phi) is 30.2. The summed E-state index contributed by atoms with van der Waals surface area (Å²) < 4.78 is 9.99. The third-order valence-corrected chi connectivity index (χ3v) is 14.6. The van der Waals surface area contributed by atoms with Crippen LogP contribution in [-0.4, -0.2) is 31.2 Å². The van der Waals surface area contributed by atoms with Crippen LogP contribution in [-0.2, 0) is 9.53 Å². The van der Waals surface area contributed by atoms with Crippen LogP contribution in [0.3, 0.4) is 0 Å². The first-order chi connectivity index (χ1) is 14.5. The molecule has 0 aliphatic carbocycles. The van der Waals surface area contributed by atoms with Crippen molar-refractivity contribution in [3.63, 3.8) is 0 Å². The topological polar surface area (TPSA) is 26.3 Å². The molecular formula is C26H55O2SSn. The molecule has 0 spiro atoms. The molecule has 0 saturated carbocycles. The molecule has 0 rings (SSSR count). The summed E-state index contributed by atoms with van der Waals surface area (Å²) in [5.41, 5.74) is -0.277. The van der Waals surface area contributed by atoms with Crippen molar-refractivity contribution in [2.45, 2.75) is 156 Å². The fourth-order valence-electron chi connectivity index (χ4n) is 3.48. The van der Waals surface area contributed by atoms with Crippen LogP contribution < -0.4 is 0 Å². The molecular weight excluding hydrogens is 495 g/mol. The van der Waals surface area contributed by atoms with E-state index in [1.165, 1.54) is 83.5 Å². The van der Waals surface area contributed by atoms with Gasteiger partial charge in [-0.1, -0.05) is 58.3 Å². The van der Waals surface area contributed by atoms with Crippen molar-refractivity contribution in [1.82, 2.24) is 0 Å². The van der Waals surface area contributed by atoms with E-state index in [1.54, 1.807) is 20.2 Å². The van der Waals surface area contributed by atoms with Gasteiger partial charge in [0, 0.05) is 6.42 Å². The first-order valence-corrected chi connectivity index (χ1v) is 19.8. The van der Waals surface area contributed by atoms with Gasteiger partial charge in [-0.2, -0.15) is 0 Å². The molecule has 1 atom stereocenters. The first-order valence-electron chi connectivity index (χ1n) is 13.2.